The maximum Gasteiger partial charge on any atom is 0.250 e. The van der Waals surface area contributed by atoms with Gasteiger partial charge in [-0.15, -0.1) is 10.2 Å². The molecule has 1 aliphatic rings. The first-order valence-corrected chi connectivity index (χ1v) is 9.46. The zero-order valence-corrected chi connectivity index (χ0v) is 15.3. The molecule has 2 aromatic rings. The molecule has 1 N–H and O–H groups in total. The van der Waals surface area contributed by atoms with Crippen LogP contribution in [0.1, 0.15) is 48.6 Å². The largest absolute Gasteiger partial charge is 0.297 e. The molecule has 1 aromatic heterocycles. The molecule has 24 heavy (non-hydrogen) atoms. The van der Waals surface area contributed by atoms with E-state index >= 15 is 0 Å². The van der Waals surface area contributed by atoms with Crippen molar-refractivity contribution in [2.45, 2.75) is 38.0 Å². The third-order valence-electron chi connectivity index (χ3n) is 4.00. The smallest absolute Gasteiger partial charge is 0.250 e. The Hall–Kier alpha value is -1.43. The van der Waals surface area contributed by atoms with Crippen molar-refractivity contribution in [2.75, 3.05) is 5.32 Å². The summed E-state index contributed by atoms with van der Waals surface area (Å²) in [5.41, 5.74) is 0.733. The molecule has 126 valence electrons. The molecule has 0 spiro atoms. The van der Waals surface area contributed by atoms with Crippen LogP contribution in [0.25, 0.3) is 6.08 Å². The third-order valence-corrected chi connectivity index (χ3v) is 5.57. The van der Waals surface area contributed by atoms with Crippen molar-refractivity contribution in [3.8, 4) is 0 Å². The number of nitrogens with zero attached hydrogens (tertiary/aromatic N) is 2. The van der Waals surface area contributed by atoms with E-state index in [1.165, 1.54) is 36.7 Å². The molecule has 0 saturated heterocycles. The fourth-order valence-electron chi connectivity index (χ4n) is 2.75. The summed E-state index contributed by atoms with van der Waals surface area (Å²) in [4.78, 5) is 12.0. The summed E-state index contributed by atoms with van der Waals surface area (Å²) in [6.07, 6.45) is 9.20. The normalized spacial score (nSPS) is 15.8. The van der Waals surface area contributed by atoms with Gasteiger partial charge in [0.05, 0.1) is 0 Å². The molecule has 1 saturated carbocycles. The SMILES string of the molecule is O=C(/C=C/c1ccc(Cl)cc1Cl)Nc1nnc(C2CCCCC2)s1. The Bertz CT molecular complexity index is 754. The van der Waals surface area contributed by atoms with Crippen molar-refractivity contribution in [1.29, 1.82) is 0 Å². The Kier molecular flexibility index (Phi) is 5.87. The van der Waals surface area contributed by atoms with E-state index in [0.29, 0.717) is 21.1 Å². The molecule has 1 amide bonds. The van der Waals surface area contributed by atoms with E-state index in [9.17, 15) is 4.79 Å². The van der Waals surface area contributed by atoms with Gasteiger partial charge in [0, 0.05) is 22.0 Å². The summed E-state index contributed by atoms with van der Waals surface area (Å²) < 4.78 is 0. The maximum atomic E-state index is 12.0. The van der Waals surface area contributed by atoms with Crippen LogP contribution in [0.2, 0.25) is 10.0 Å². The lowest BCUT2D eigenvalue weighted by atomic mass is 9.90. The molecule has 0 bridgehead atoms. The number of nitrogens with one attached hydrogen (secondary N) is 1. The van der Waals surface area contributed by atoms with E-state index in [-0.39, 0.29) is 5.91 Å². The van der Waals surface area contributed by atoms with E-state index in [4.69, 9.17) is 23.2 Å². The van der Waals surface area contributed by atoms with Crippen LogP contribution >= 0.6 is 34.5 Å². The molecule has 4 nitrogen and oxygen atoms in total. The molecule has 0 atom stereocenters. The molecule has 3 rings (SSSR count). The Morgan fingerprint density at radius 2 is 2.00 bits per heavy atom. The molecular weight excluding hydrogens is 365 g/mol. The fraction of sp³-hybridized carbons (Fsp3) is 0.353. The van der Waals surface area contributed by atoms with Gasteiger partial charge in [0.25, 0.3) is 0 Å². The number of anilines is 1. The number of carbonyl (C=O) groups excluding carboxylic acids is 1. The second-order valence-electron chi connectivity index (χ2n) is 5.77. The topological polar surface area (TPSA) is 54.9 Å². The lowest BCUT2D eigenvalue weighted by Gasteiger charge is -2.18. The average molecular weight is 382 g/mol. The van der Waals surface area contributed by atoms with Crippen molar-refractivity contribution in [1.82, 2.24) is 10.2 Å². The number of hydrogen-bond acceptors (Lipinski definition) is 4. The molecule has 1 aliphatic carbocycles. The molecule has 7 heteroatoms. The number of carbonyl (C=O) groups is 1. The van der Waals surface area contributed by atoms with Crippen molar-refractivity contribution < 1.29 is 4.79 Å². The zero-order valence-electron chi connectivity index (χ0n) is 13.0. The van der Waals surface area contributed by atoms with Gasteiger partial charge in [-0.2, -0.15) is 0 Å². The summed E-state index contributed by atoms with van der Waals surface area (Å²) in [6, 6.07) is 5.13. The van der Waals surface area contributed by atoms with Gasteiger partial charge < -0.3 is 0 Å². The van der Waals surface area contributed by atoms with Crippen LogP contribution in [0.3, 0.4) is 0 Å². The van der Waals surface area contributed by atoms with Crippen LogP contribution in [-0.2, 0) is 4.79 Å². The van der Waals surface area contributed by atoms with Crippen LogP contribution in [0.5, 0.6) is 0 Å². The molecular formula is C17H17Cl2N3OS. The highest BCUT2D eigenvalue weighted by molar-refractivity contribution is 7.15. The highest BCUT2D eigenvalue weighted by atomic mass is 35.5. The summed E-state index contributed by atoms with van der Waals surface area (Å²) in [5.74, 6) is 0.234. The van der Waals surface area contributed by atoms with E-state index < -0.39 is 0 Å². The maximum absolute atomic E-state index is 12.0. The summed E-state index contributed by atoms with van der Waals surface area (Å²) in [5, 5.41) is 13.7. The van der Waals surface area contributed by atoms with Crippen LogP contribution in [-0.4, -0.2) is 16.1 Å². The summed E-state index contributed by atoms with van der Waals surface area (Å²) in [7, 11) is 0. The van der Waals surface area contributed by atoms with Gasteiger partial charge >= 0.3 is 0 Å². The zero-order chi connectivity index (χ0) is 16.9. The Morgan fingerprint density at radius 1 is 1.21 bits per heavy atom. The first-order chi connectivity index (χ1) is 11.6. The predicted octanol–water partition coefficient (Wildman–Crippen LogP) is 5.54. The van der Waals surface area contributed by atoms with Crippen molar-refractivity contribution in [3.63, 3.8) is 0 Å². The molecule has 0 aliphatic heterocycles. The van der Waals surface area contributed by atoms with Crippen molar-refractivity contribution >= 4 is 51.7 Å². The first-order valence-electron chi connectivity index (χ1n) is 7.89. The minimum absolute atomic E-state index is 0.257. The molecule has 1 heterocycles. The van der Waals surface area contributed by atoms with Gasteiger partial charge in [-0.05, 0) is 36.6 Å². The quantitative estimate of drug-likeness (QED) is 0.706. The highest BCUT2D eigenvalue weighted by Crippen LogP contribution is 2.35. The minimum Gasteiger partial charge on any atom is -0.297 e. The monoisotopic (exact) mass is 381 g/mol. The lowest BCUT2D eigenvalue weighted by molar-refractivity contribution is -0.111. The number of benzene rings is 1. The molecule has 0 radical (unpaired) electrons. The second kappa shape index (κ2) is 8.10. The first kappa shape index (κ1) is 17.4. The summed E-state index contributed by atoms with van der Waals surface area (Å²) >= 11 is 13.4. The third kappa shape index (κ3) is 4.56. The van der Waals surface area contributed by atoms with E-state index in [0.717, 1.165) is 23.4 Å². The number of rotatable bonds is 4. The average Bonchev–Trinajstić information content (AvgIpc) is 3.03. The Balaban J connectivity index is 1.60. The highest BCUT2D eigenvalue weighted by Gasteiger charge is 2.19. The van der Waals surface area contributed by atoms with Crippen molar-refractivity contribution in [3.05, 3.63) is 44.9 Å². The van der Waals surface area contributed by atoms with E-state index in [1.54, 1.807) is 24.3 Å². The molecule has 1 aromatic carbocycles. The Morgan fingerprint density at radius 3 is 2.75 bits per heavy atom. The molecule has 0 unspecified atom stereocenters. The lowest BCUT2D eigenvalue weighted by Crippen LogP contribution is -2.07. The summed E-state index contributed by atoms with van der Waals surface area (Å²) in [6.45, 7) is 0. The van der Waals surface area contributed by atoms with Gasteiger partial charge in [0.15, 0.2) is 0 Å². The second-order valence-corrected chi connectivity index (χ2v) is 7.62. The number of halogens is 2. The van der Waals surface area contributed by atoms with Gasteiger partial charge in [0.2, 0.25) is 11.0 Å². The standard InChI is InChI=1S/C17H17Cl2N3OS/c18-13-8-6-11(14(19)10-13)7-9-15(23)20-17-22-21-16(24-17)12-4-2-1-3-5-12/h6-10,12H,1-5H2,(H,20,22,23)/b9-7+. The minimum atomic E-state index is -0.257. The van der Waals surface area contributed by atoms with Gasteiger partial charge in [-0.3, -0.25) is 10.1 Å². The number of amides is 1. The fourth-order valence-corrected chi connectivity index (χ4v) is 4.14. The number of aromatic nitrogens is 2. The van der Waals surface area contributed by atoms with Gasteiger partial charge in [-0.1, -0.05) is 59.9 Å². The van der Waals surface area contributed by atoms with Gasteiger partial charge in [0.1, 0.15) is 5.01 Å². The van der Waals surface area contributed by atoms with E-state index in [1.807, 2.05) is 0 Å². The van der Waals surface area contributed by atoms with Crippen LogP contribution in [0.15, 0.2) is 24.3 Å². The van der Waals surface area contributed by atoms with Crippen molar-refractivity contribution in [2.24, 2.45) is 0 Å². The van der Waals surface area contributed by atoms with Gasteiger partial charge in [-0.25, -0.2) is 0 Å². The van der Waals surface area contributed by atoms with Crippen LogP contribution in [0.4, 0.5) is 5.13 Å². The predicted molar refractivity (Wildman–Crippen MR) is 99.9 cm³/mol. The molecule has 1 fully saturated rings. The van der Waals surface area contributed by atoms with Crippen LogP contribution < -0.4 is 5.32 Å². The number of hydrogen-bond donors (Lipinski definition) is 1. The van der Waals surface area contributed by atoms with E-state index in [2.05, 4.69) is 15.5 Å². The van der Waals surface area contributed by atoms with Crippen LogP contribution in [0, 0.1) is 0 Å². The Labute approximate surface area is 154 Å².